The van der Waals surface area contributed by atoms with Gasteiger partial charge in [-0.2, -0.15) is 4.98 Å². The number of carbonyl (C=O) groups is 2. The van der Waals surface area contributed by atoms with Crippen molar-refractivity contribution in [2.45, 2.75) is 13.5 Å². The van der Waals surface area contributed by atoms with E-state index in [0.29, 0.717) is 5.56 Å². The van der Waals surface area contributed by atoms with Crippen molar-refractivity contribution >= 4 is 17.7 Å². The third-order valence-corrected chi connectivity index (χ3v) is 3.41. The van der Waals surface area contributed by atoms with E-state index in [1.807, 2.05) is 0 Å². The zero-order valence-electron chi connectivity index (χ0n) is 13.7. The Labute approximate surface area is 144 Å². The van der Waals surface area contributed by atoms with Crippen LogP contribution in [-0.4, -0.2) is 39.7 Å². The topological polar surface area (TPSA) is 111 Å². The standard InChI is InChI=1S/C17H19N3O5/c1-2-25-16(23)13(11-21)10-20-9-8-14(19-17(20)24)18-15(22)12-6-4-3-5-7-12/h3-9,13,21H,2,10-11H2,1H3,(H,18,19,22,24). The Balaban J connectivity index is 2.08. The lowest BCUT2D eigenvalue weighted by Gasteiger charge is -2.14. The van der Waals surface area contributed by atoms with Crippen LogP contribution in [0.25, 0.3) is 0 Å². The van der Waals surface area contributed by atoms with Gasteiger partial charge in [0.05, 0.1) is 19.1 Å². The molecule has 8 nitrogen and oxygen atoms in total. The summed E-state index contributed by atoms with van der Waals surface area (Å²) in [4.78, 5) is 39.6. The fourth-order valence-electron chi connectivity index (χ4n) is 2.12. The van der Waals surface area contributed by atoms with Crippen LogP contribution in [0, 0.1) is 5.92 Å². The van der Waals surface area contributed by atoms with Crippen molar-refractivity contribution < 1.29 is 19.4 Å². The molecule has 1 heterocycles. The summed E-state index contributed by atoms with van der Waals surface area (Å²) in [6, 6.07) is 9.97. The molecule has 1 aromatic heterocycles. The van der Waals surface area contributed by atoms with Gasteiger partial charge in [-0.15, -0.1) is 0 Å². The number of hydrogen-bond acceptors (Lipinski definition) is 6. The molecule has 0 saturated heterocycles. The van der Waals surface area contributed by atoms with Crippen LogP contribution in [0.3, 0.4) is 0 Å². The van der Waals surface area contributed by atoms with Crippen molar-refractivity contribution in [1.29, 1.82) is 0 Å². The van der Waals surface area contributed by atoms with Gasteiger partial charge >= 0.3 is 11.7 Å². The van der Waals surface area contributed by atoms with Crippen LogP contribution < -0.4 is 11.0 Å². The molecule has 0 spiro atoms. The fourth-order valence-corrected chi connectivity index (χ4v) is 2.12. The Morgan fingerprint density at radius 1 is 1.28 bits per heavy atom. The number of hydrogen-bond donors (Lipinski definition) is 2. The number of aliphatic hydroxyl groups is 1. The van der Waals surface area contributed by atoms with E-state index >= 15 is 0 Å². The van der Waals surface area contributed by atoms with Crippen molar-refractivity contribution in [2.75, 3.05) is 18.5 Å². The highest BCUT2D eigenvalue weighted by atomic mass is 16.5. The first-order chi connectivity index (χ1) is 12.0. The van der Waals surface area contributed by atoms with E-state index in [-0.39, 0.29) is 24.9 Å². The number of carbonyl (C=O) groups excluding carboxylic acids is 2. The number of aliphatic hydroxyl groups excluding tert-OH is 1. The minimum absolute atomic E-state index is 0.0614. The second kappa shape index (κ2) is 8.74. The summed E-state index contributed by atoms with van der Waals surface area (Å²) in [5.41, 5.74) is -0.204. The van der Waals surface area contributed by atoms with E-state index in [1.54, 1.807) is 37.3 Å². The van der Waals surface area contributed by atoms with Gasteiger partial charge in [0, 0.05) is 18.3 Å². The average Bonchev–Trinajstić information content (AvgIpc) is 2.62. The summed E-state index contributed by atoms with van der Waals surface area (Å²) in [6.07, 6.45) is 1.40. The Hall–Kier alpha value is -3.00. The van der Waals surface area contributed by atoms with E-state index in [1.165, 1.54) is 16.8 Å². The van der Waals surface area contributed by atoms with Crippen LogP contribution >= 0.6 is 0 Å². The molecule has 132 valence electrons. The number of nitrogens with one attached hydrogen (secondary N) is 1. The molecular weight excluding hydrogens is 326 g/mol. The first-order valence-electron chi connectivity index (χ1n) is 7.76. The molecule has 2 N–H and O–H groups in total. The van der Waals surface area contributed by atoms with Crippen molar-refractivity contribution in [3.8, 4) is 0 Å². The van der Waals surface area contributed by atoms with Gasteiger partial charge in [-0.1, -0.05) is 18.2 Å². The van der Waals surface area contributed by atoms with Gasteiger partial charge in [0.15, 0.2) is 0 Å². The number of amides is 1. The molecule has 25 heavy (non-hydrogen) atoms. The summed E-state index contributed by atoms with van der Waals surface area (Å²) in [5.74, 6) is -1.72. The van der Waals surface area contributed by atoms with Crippen LogP contribution in [-0.2, 0) is 16.1 Å². The quantitative estimate of drug-likeness (QED) is 0.714. The number of rotatable bonds is 7. The monoisotopic (exact) mass is 345 g/mol. The Morgan fingerprint density at radius 3 is 2.60 bits per heavy atom. The Kier molecular flexibility index (Phi) is 6.41. The lowest BCUT2D eigenvalue weighted by atomic mass is 10.1. The molecule has 0 fully saturated rings. The number of benzene rings is 1. The maximum Gasteiger partial charge on any atom is 0.349 e. The molecular formula is C17H19N3O5. The van der Waals surface area contributed by atoms with Crippen LogP contribution in [0.2, 0.25) is 0 Å². The minimum Gasteiger partial charge on any atom is -0.466 e. The zero-order valence-corrected chi connectivity index (χ0v) is 13.7. The van der Waals surface area contributed by atoms with Crippen molar-refractivity contribution in [3.05, 3.63) is 58.6 Å². The van der Waals surface area contributed by atoms with Gasteiger partial charge < -0.3 is 15.2 Å². The fraction of sp³-hybridized carbons (Fsp3) is 0.294. The van der Waals surface area contributed by atoms with Crippen molar-refractivity contribution in [2.24, 2.45) is 5.92 Å². The molecule has 2 aromatic rings. The largest absolute Gasteiger partial charge is 0.466 e. The first-order valence-corrected chi connectivity index (χ1v) is 7.76. The van der Waals surface area contributed by atoms with Gasteiger partial charge in [-0.05, 0) is 25.1 Å². The number of ether oxygens (including phenoxy) is 1. The van der Waals surface area contributed by atoms with Crippen molar-refractivity contribution in [1.82, 2.24) is 9.55 Å². The highest BCUT2D eigenvalue weighted by molar-refractivity contribution is 6.03. The van der Waals surface area contributed by atoms with Gasteiger partial charge in [-0.3, -0.25) is 14.2 Å². The average molecular weight is 345 g/mol. The van der Waals surface area contributed by atoms with Gasteiger partial charge in [0.1, 0.15) is 5.82 Å². The molecule has 1 amide bonds. The SMILES string of the molecule is CCOC(=O)C(CO)Cn1ccc(NC(=O)c2ccccc2)nc1=O. The van der Waals surface area contributed by atoms with E-state index in [0.717, 1.165) is 0 Å². The summed E-state index contributed by atoms with van der Waals surface area (Å²) >= 11 is 0. The molecule has 0 bridgehead atoms. The van der Waals surface area contributed by atoms with E-state index in [2.05, 4.69) is 10.3 Å². The molecule has 2 rings (SSSR count). The lowest BCUT2D eigenvalue weighted by Crippen LogP contribution is -2.32. The molecule has 1 unspecified atom stereocenters. The summed E-state index contributed by atoms with van der Waals surface area (Å²) in [6.45, 7) is 1.34. The van der Waals surface area contributed by atoms with E-state index < -0.39 is 24.2 Å². The second-order valence-electron chi connectivity index (χ2n) is 5.20. The summed E-state index contributed by atoms with van der Waals surface area (Å²) < 4.78 is 6.02. The van der Waals surface area contributed by atoms with Crippen LogP contribution in [0.4, 0.5) is 5.82 Å². The van der Waals surface area contributed by atoms with Gasteiger partial charge in [0.2, 0.25) is 0 Å². The molecule has 0 aliphatic heterocycles. The van der Waals surface area contributed by atoms with E-state index in [9.17, 15) is 19.5 Å². The number of aromatic nitrogens is 2. The smallest absolute Gasteiger partial charge is 0.349 e. The number of anilines is 1. The lowest BCUT2D eigenvalue weighted by molar-refractivity contribution is -0.149. The number of esters is 1. The summed E-state index contributed by atoms with van der Waals surface area (Å²) in [7, 11) is 0. The van der Waals surface area contributed by atoms with Crippen molar-refractivity contribution in [3.63, 3.8) is 0 Å². The molecule has 1 atom stereocenters. The molecule has 8 heteroatoms. The molecule has 0 aliphatic rings. The molecule has 0 radical (unpaired) electrons. The summed E-state index contributed by atoms with van der Waals surface area (Å²) in [5, 5.41) is 11.8. The Morgan fingerprint density at radius 2 is 2.00 bits per heavy atom. The highest BCUT2D eigenvalue weighted by Gasteiger charge is 2.20. The van der Waals surface area contributed by atoms with Gasteiger partial charge in [0.25, 0.3) is 5.91 Å². The van der Waals surface area contributed by atoms with E-state index in [4.69, 9.17) is 4.74 Å². The second-order valence-corrected chi connectivity index (χ2v) is 5.20. The van der Waals surface area contributed by atoms with Gasteiger partial charge in [-0.25, -0.2) is 4.79 Å². The highest BCUT2D eigenvalue weighted by Crippen LogP contribution is 2.06. The first kappa shape index (κ1) is 18.3. The minimum atomic E-state index is -0.857. The molecule has 0 saturated carbocycles. The zero-order chi connectivity index (χ0) is 18.2. The molecule has 0 aliphatic carbocycles. The molecule has 1 aromatic carbocycles. The number of nitrogens with zero attached hydrogens (tertiary/aromatic N) is 2. The van der Waals surface area contributed by atoms with Crippen LogP contribution in [0.1, 0.15) is 17.3 Å². The third-order valence-electron chi connectivity index (χ3n) is 3.41. The maximum atomic E-state index is 12.1. The Bertz CT molecular complexity index is 788. The van der Waals surface area contributed by atoms with Crippen LogP contribution in [0.5, 0.6) is 0 Å². The predicted octanol–water partition coefficient (Wildman–Crippen LogP) is 0.667. The van der Waals surface area contributed by atoms with Crippen LogP contribution in [0.15, 0.2) is 47.4 Å². The normalized spacial score (nSPS) is 11.6. The third kappa shape index (κ3) is 4.98. The predicted molar refractivity (Wildman–Crippen MR) is 90.1 cm³/mol. The maximum absolute atomic E-state index is 12.1.